The molecule has 5 rings (SSSR count). The highest BCUT2D eigenvalue weighted by atomic mass is 35.5. The Morgan fingerprint density at radius 1 is 1.00 bits per heavy atom. The number of thioether (sulfide) groups is 1. The number of hydrogen-bond acceptors (Lipinski definition) is 5. The van der Waals surface area contributed by atoms with Crippen molar-refractivity contribution in [2.24, 2.45) is 4.99 Å². The molecule has 0 fully saturated rings. The highest BCUT2D eigenvalue weighted by molar-refractivity contribution is 7.98. The Morgan fingerprint density at radius 2 is 1.72 bits per heavy atom. The number of carbonyl (C=O) groups excluding carboxylic acids is 1. The highest BCUT2D eigenvalue weighted by Gasteiger charge is 2.34. The predicted molar refractivity (Wildman–Crippen MR) is 136 cm³/mol. The number of aromatic nitrogens is 1. The summed E-state index contributed by atoms with van der Waals surface area (Å²) >= 11 is 15.4. The number of hydrogen-bond donors (Lipinski definition) is 0. The van der Waals surface area contributed by atoms with Gasteiger partial charge in [0.05, 0.1) is 20.3 Å². The van der Waals surface area contributed by atoms with E-state index >= 15 is 0 Å². The Morgan fingerprint density at radius 3 is 2.44 bits per heavy atom. The average molecular weight is 496 g/mol. The van der Waals surface area contributed by atoms with Crippen molar-refractivity contribution in [1.82, 2.24) is 4.98 Å². The number of aliphatic imine (C=N–C) groups is 1. The zero-order chi connectivity index (χ0) is 22.2. The van der Waals surface area contributed by atoms with Crippen LogP contribution in [-0.4, -0.2) is 23.0 Å². The lowest BCUT2D eigenvalue weighted by Crippen LogP contribution is -2.32. The van der Waals surface area contributed by atoms with E-state index in [1.54, 1.807) is 34.9 Å². The molecule has 1 aliphatic heterocycles. The van der Waals surface area contributed by atoms with Crippen LogP contribution in [0.15, 0.2) is 82.3 Å². The first-order valence-corrected chi connectivity index (χ1v) is 12.4. The standard InChI is InChI=1S/C24H15Cl2N3OS2/c1-31-16-9-7-14(8-10-16)11-20-23(30)29(22(27-20)15-5-3-2-4-6-15)24-28-19-12-17(25)18(26)13-21(19)32-24/h2-13H,1H3/b20-11-. The SMILES string of the molecule is CSc1ccc(/C=C2\N=C(c3ccccc3)N(c3nc4cc(Cl)c(Cl)cc4s3)C2=O)cc1. The molecule has 0 radical (unpaired) electrons. The molecule has 4 aromatic rings. The molecule has 2 heterocycles. The summed E-state index contributed by atoms with van der Waals surface area (Å²) in [6.45, 7) is 0. The fraction of sp³-hybridized carbons (Fsp3) is 0.0417. The first-order chi connectivity index (χ1) is 15.5. The molecule has 1 aliphatic rings. The highest BCUT2D eigenvalue weighted by Crippen LogP contribution is 2.37. The topological polar surface area (TPSA) is 45.6 Å². The minimum atomic E-state index is -0.228. The van der Waals surface area contributed by atoms with Gasteiger partial charge in [-0.3, -0.25) is 4.79 Å². The lowest BCUT2D eigenvalue weighted by molar-refractivity contribution is -0.113. The largest absolute Gasteiger partial charge is 0.284 e. The third-order valence-corrected chi connectivity index (χ3v) is 7.39. The van der Waals surface area contributed by atoms with Gasteiger partial charge in [-0.15, -0.1) is 11.8 Å². The summed E-state index contributed by atoms with van der Waals surface area (Å²) in [5.41, 5.74) is 2.78. The third kappa shape index (κ3) is 3.95. The second kappa shape index (κ2) is 8.71. The van der Waals surface area contributed by atoms with E-state index in [9.17, 15) is 4.79 Å². The molecule has 1 amide bonds. The third-order valence-electron chi connectivity index (χ3n) is 4.92. The van der Waals surface area contributed by atoms with Gasteiger partial charge in [0, 0.05) is 10.5 Å². The molecule has 158 valence electrons. The van der Waals surface area contributed by atoms with Crippen LogP contribution in [0.5, 0.6) is 0 Å². The Balaban J connectivity index is 1.61. The van der Waals surface area contributed by atoms with E-state index in [1.165, 1.54) is 11.3 Å². The average Bonchev–Trinajstić information content (AvgIpc) is 3.35. The van der Waals surface area contributed by atoms with E-state index in [0.29, 0.717) is 32.2 Å². The molecule has 0 bridgehead atoms. The van der Waals surface area contributed by atoms with Gasteiger partial charge in [-0.1, -0.05) is 77.0 Å². The summed E-state index contributed by atoms with van der Waals surface area (Å²) in [4.78, 5) is 25.6. The molecular formula is C24H15Cl2N3OS2. The minimum Gasteiger partial charge on any atom is -0.266 e. The molecule has 1 aromatic heterocycles. The van der Waals surface area contributed by atoms with E-state index < -0.39 is 0 Å². The number of fused-ring (bicyclic) bond motifs is 1. The fourth-order valence-corrected chi connectivity index (χ4v) is 5.12. The van der Waals surface area contributed by atoms with Crippen molar-refractivity contribution < 1.29 is 4.79 Å². The number of benzene rings is 3. The summed E-state index contributed by atoms with van der Waals surface area (Å²) in [6, 6.07) is 21.1. The summed E-state index contributed by atoms with van der Waals surface area (Å²) in [5.74, 6) is 0.313. The van der Waals surface area contributed by atoms with Gasteiger partial charge in [-0.25, -0.2) is 14.9 Å². The molecule has 8 heteroatoms. The van der Waals surface area contributed by atoms with Crippen LogP contribution in [0.1, 0.15) is 11.1 Å². The number of anilines is 1. The van der Waals surface area contributed by atoms with Crippen molar-refractivity contribution in [3.05, 3.63) is 93.6 Å². The van der Waals surface area contributed by atoms with Crippen LogP contribution in [0.4, 0.5) is 5.13 Å². The molecule has 0 atom stereocenters. The van der Waals surface area contributed by atoms with Crippen LogP contribution in [0.2, 0.25) is 10.0 Å². The van der Waals surface area contributed by atoms with Crippen molar-refractivity contribution in [1.29, 1.82) is 0 Å². The zero-order valence-corrected chi connectivity index (χ0v) is 19.9. The normalized spacial score (nSPS) is 15.1. The molecule has 0 unspecified atom stereocenters. The summed E-state index contributed by atoms with van der Waals surface area (Å²) in [7, 11) is 0. The van der Waals surface area contributed by atoms with Crippen LogP contribution in [-0.2, 0) is 4.79 Å². The molecule has 0 saturated carbocycles. The fourth-order valence-electron chi connectivity index (χ4n) is 3.34. The second-order valence-electron chi connectivity index (χ2n) is 6.98. The number of nitrogens with zero attached hydrogens (tertiary/aromatic N) is 3. The number of amidine groups is 1. The predicted octanol–water partition coefficient (Wildman–Crippen LogP) is 7.16. The van der Waals surface area contributed by atoms with E-state index in [4.69, 9.17) is 28.2 Å². The molecule has 0 aliphatic carbocycles. The Bertz CT molecular complexity index is 1360. The molecule has 0 saturated heterocycles. The number of rotatable bonds is 4. The molecule has 3 aromatic carbocycles. The molecular weight excluding hydrogens is 481 g/mol. The Kier molecular flexibility index (Phi) is 5.78. The van der Waals surface area contributed by atoms with Gasteiger partial charge in [0.25, 0.3) is 5.91 Å². The van der Waals surface area contributed by atoms with Gasteiger partial charge in [0.2, 0.25) is 0 Å². The van der Waals surface area contributed by atoms with Gasteiger partial charge in [-0.05, 0) is 42.2 Å². The zero-order valence-electron chi connectivity index (χ0n) is 16.8. The van der Waals surface area contributed by atoms with Gasteiger partial charge in [-0.2, -0.15) is 0 Å². The van der Waals surface area contributed by atoms with Crippen molar-refractivity contribution in [2.45, 2.75) is 4.90 Å². The number of thiazole rings is 1. The maximum Gasteiger partial charge on any atom is 0.284 e. The summed E-state index contributed by atoms with van der Waals surface area (Å²) in [5, 5.41) is 1.40. The first-order valence-electron chi connectivity index (χ1n) is 9.63. The maximum atomic E-state index is 13.5. The van der Waals surface area contributed by atoms with Gasteiger partial charge in [0.15, 0.2) is 5.13 Å². The molecule has 0 spiro atoms. The first kappa shape index (κ1) is 21.2. The van der Waals surface area contributed by atoms with Gasteiger partial charge >= 0.3 is 0 Å². The smallest absolute Gasteiger partial charge is 0.266 e. The Hall–Kier alpha value is -2.64. The molecule has 0 N–H and O–H groups in total. The van der Waals surface area contributed by atoms with Gasteiger partial charge in [0.1, 0.15) is 11.5 Å². The number of halogens is 2. The monoisotopic (exact) mass is 495 g/mol. The van der Waals surface area contributed by atoms with Crippen LogP contribution in [0.25, 0.3) is 16.3 Å². The minimum absolute atomic E-state index is 0.228. The van der Waals surface area contributed by atoms with Crippen molar-refractivity contribution in [2.75, 3.05) is 11.2 Å². The van der Waals surface area contributed by atoms with Crippen LogP contribution in [0.3, 0.4) is 0 Å². The van der Waals surface area contributed by atoms with Crippen LogP contribution >= 0.6 is 46.3 Å². The van der Waals surface area contributed by atoms with Crippen molar-refractivity contribution in [3.8, 4) is 0 Å². The van der Waals surface area contributed by atoms with Crippen molar-refractivity contribution >= 4 is 79.5 Å². The van der Waals surface area contributed by atoms with Crippen molar-refractivity contribution in [3.63, 3.8) is 0 Å². The maximum absolute atomic E-state index is 13.5. The lowest BCUT2D eigenvalue weighted by atomic mass is 10.2. The number of amides is 1. The van der Waals surface area contributed by atoms with Crippen LogP contribution < -0.4 is 4.90 Å². The lowest BCUT2D eigenvalue weighted by Gasteiger charge is -2.14. The second-order valence-corrected chi connectivity index (χ2v) is 9.68. The quantitative estimate of drug-likeness (QED) is 0.223. The van der Waals surface area contributed by atoms with Gasteiger partial charge < -0.3 is 0 Å². The van der Waals surface area contributed by atoms with E-state index in [0.717, 1.165) is 20.7 Å². The Labute approximate surface area is 203 Å². The number of carbonyl (C=O) groups is 1. The van der Waals surface area contributed by atoms with E-state index in [1.807, 2.05) is 60.9 Å². The summed E-state index contributed by atoms with van der Waals surface area (Å²) < 4.78 is 0.847. The van der Waals surface area contributed by atoms with E-state index in [-0.39, 0.29) is 5.91 Å². The van der Waals surface area contributed by atoms with E-state index in [2.05, 4.69) is 4.98 Å². The molecule has 32 heavy (non-hydrogen) atoms. The molecule has 4 nitrogen and oxygen atoms in total. The van der Waals surface area contributed by atoms with Crippen LogP contribution in [0, 0.1) is 0 Å². The summed E-state index contributed by atoms with van der Waals surface area (Å²) in [6.07, 6.45) is 3.83.